The van der Waals surface area contributed by atoms with Gasteiger partial charge in [-0.3, -0.25) is 0 Å². The summed E-state index contributed by atoms with van der Waals surface area (Å²) in [6.07, 6.45) is 1.44. The molecule has 0 aliphatic carbocycles. The fourth-order valence-electron chi connectivity index (χ4n) is 0.714. The summed E-state index contributed by atoms with van der Waals surface area (Å²) in [5.41, 5.74) is 0. The maximum atomic E-state index is 10.5. The van der Waals surface area contributed by atoms with Crippen molar-refractivity contribution in [3.05, 3.63) is 24.4 Å². The highest BCUT2D eigenvalue weighted by atomic mass is 16.5. The van der Waals surface area contributed by atoms with Gasteiger partial charge < -0.3 is 5.21 Å². The van der Waals surface area contributed by atoms with Gasteiger partial charge in [0.1, 0.15) is 6.20 Å². The number of amides is 1. The summed E-state index contributed by atoms with van der Waals surface area (Å²) in [4.78, 5) is 10.5. The standard InChI is InChI=1S/C7H8N2O2/c1-6(10)8-7-4-2-3-5-9(7)11/h2-5,11H,1H3/p+1. The van der Waals surface area contributed by atoms with Gasteiger partial charge in [0.25, 0.3) is 0 Å². The van der Waals surface area contributed by atoms with Crippen LogP contribution in [0.25, 0.3) is 0 Å². The summed E-state index contributed by atoms with van der Waals surface area (Å²) in [7, 11) is 0. The summed E-state index contributed by atoms with van der Waals surface area (Å²) < 4.78 is 0.849. The highest BCUT2D eigenvalue weighted by Crippen LogP contribution is 1.95. The van der Waals surface area contributed by atoms with Crippen molar-refractivity contribution in [1.29, 1.82) is 0 Å². The molecule has 1 rings (SSSR count). The Morgan fingerprint density at radius 1 is 1.64 bits per heavy atom. The summed E-state index contributed by atoms with van der Waals surface area (Å²) >= 11 is 0. The SMILES string of the molecule is CC(=O)Nc1cccc[n+]1O. The minimum absolute atomic E-state index is 0.209. The molecular formula is C7H9N2O2+. The molecule has 0 atom stereocenters. The van der Waals surface area contributed by atoms with Gasteiger partial charge in [-0.1, -0.05) is 10.8 Å². The van der Waals surface area contributed by atoms with Gasteiger partial charge in [-0.05, 0) is 6.07 Å². The smallest absolute Gasteiger partial charge is 0.321 e. The zero-order valence-corrected chi connectivity index (χ0v) is 6.11. The monoisotopic (exact) mass is 153 g/mol. The molecule has 4 nitrogen and oxygen atoms in total. The van der Waals surface area contributed by atoms with Crippen LogP contribution in [0.1, 0.15) is 6.92 Å². The quantitative estimate of drug-likeness (QED) is 0.446. The van der Waals surface area contributed by atoms with Crippen molar-refractivity contribution < 1.29 is 14.7 Å². The van der Waals surface area contributed by atoms with Crippen LogP contribution in [0.5, 0.6) is 0 Å². The number of hydrogen-bond donors (Lipinski definition) is 2. The van der Waals surface area contributed by atoms with Gasteiger partial charge >= 0.3 is 11.7 Å². The minimum atomic E-state index is -0.209. The molecule has 0 bridgehead atoms. The number of nitrogens with one attached hydrogen (secondary N) is 1. The molecule has 2 N–H and O–H groups in total. The van der Waals surface area contributed by atoms with Crippen LogP contribution in [0.3, 0.4) is 0 Å². The molecule has 4 heteroatoms. The van der Waals surface area contributed by atoms with E-state index in [-0.39, 0.29) is 5.91 Å². The van der Waals surface area contributed by atoms with Crippen LogP contribution in [0.4, 0.5) is 5.82 Å². The van der Waals surface area contributed by atoms with Crippen molar-refractivity contribution in [2.75, 3.05) is 5.32 Å². The van der Waals surface area contributed by atoms with E-state index in [9.17, 15) is 4.79 Å². The van der Waals surface area contributed by atoms with Crippen LogP contribution in [-0.4, -0.2) is 11.1 Å². The first-order valence-electron chi connectivity index (χ1n) is 3.17. The Morgan fingerprint density at radius 3 is 2.91 bits per heavy atom. The third kappa shape index (κ3) is 1.93. The van der Waals surface area contributed by atoms with Crippen molar-refractivity contribution in [2.24, 2.45) is 0 Å². The summed E-state index contributed by atoms with van der Waals surface area (Å²) in [5, 5.41) is 11.5. The third-order valence-corrected chi connectivity index (χ3v) is 1.14. The van der Waals surface area contributed by atoms with Crippen LogP contribution in [0.2, 0.25) is 0 Å². The fraction of sp³-hybridized carbons (Fsp3) is 0.143. The van der Waals surface area contributed by atoms with E-state index >= 15 is 0 Å². The molecule has 0 unspecified atom stereocenters. The Kier molecular flexibility index (Phi) is 2.06. The molecule has 1 amide bonds. The van der Waals surface area contributed by atoms with E-state index in [4.69, 9.17) is 5.21 Å². The highest BCUT2D eigenvalue weighted by Gasteiger charge is 2.07. The molecule has 0 aliphatic heterocycles. The average molecular weight is 153 g/mol. The minimum Gasteiger partial charge on any atom is -0.350 e. The second kappa shape index (κ2) is 3.01. The number of aromatic nitrogens is 1. The van der Waals surface area contributed by atoms with Crippen molar-refractivity contribution >= 4 is 11.7 Å². The van der Waals surface area contributed by atoms with Crippen LogP contribution in [0, 0.1) is 0 Å². The molecule has 0 saturated heterocycles. The van der Waals surface area contributed by atoms with E-state index in [0.717, 1.165) is 4.73 Å². The van der Waals surface area contributed by atoms with Crippen LogP contribution in [0.15, 0.2) is 24.4 Å². The lowest BCUT2D eigenvalue weighted by Crippen LogP contribution is -2.34. The van der Waals surface area contributed by atoms with Crippen LogP contribution >= 0.6 is 0 Å². The maximum Gasteiger partial charge on any atom is 0.321 e. The van der Waals surface area contributed by atoms with Crippen molar-refractivity contribution in [1.82, 2.24) is 0 Å². The first-order chi connectivity index (χ1) is 5.20. The summed E-state index contributed by atoms with van der Waals surface area (Å²) in [5.74, 6) is 0.152. The maximum absolute atomic E-state index is 10.5. The molecule has 0 saturated carbocycles. The number of nitrogens with zero attached hydrogens (tertiary/aromatic N) is 1. The lowest BCUT2D eigenvalue weighted by molar-refractivity contribution is -0.893. The Bertz CT molecular complexity index is 273. The molecule has 11 heavy (non-hydrogen) atoms. The van der Waals surface area contributed by atoms with Crippen molar-refractivity contribution in [3.63, 3.8) is 0 Å². The molecule has 1 heterocycles. The number of hydrogen-bond acceptors (Lipinski definition) is 2. The van der Waals surface area contributed by atoms with E-state index in [2.05, 4.69) is 5.32 Å². The zero-order valence-electron chi connectivity index (χ0n) is 6.11. The molecule has 58 valence electrons. The van der Waals surface area contributed by atoms with Gasteiger partial charge in [-0.15, -0.1) is 0 Å². The zero-order chi connectivity index (χ0) is 8.27. The van der Waals surface area contributed by atoms with E-state index in [1.54, 1.807) is 18.2 Å². The highest BCUT2D eigenvalue weighted by molar-refractivity contribution is 5.86. The van der Waals surface area contributed by atoms with E-state index in [1.165, 1.54) is 13.1 Å². The number of anilines is 1. The molecule has 0 spiro atoms. The average Bonchev–Trinajstić information content (AvgIpc) is 1.93. The van der Waals surface area contributed by atoms with E-state index < -0.39 is 0 Å². The second-order valence-corrected chi connectivity index (χ2v) is 2.11. The van der Waals surface area contributed by atoms with Gasteiger partial charge in [-0.2, -0.15) is 0 Å². The van der Waals surface area contributed by atoms with Crippen LogP contribution in [-0.2, 0) is 4.79 Å². The Balaban J connectivity index is 2.86. The molecule has 0 fully saturated rings. The number of rotatable bonds is 1. The lowest BCUT2D eigenvalue weighted by Gasteiger charge is -1.94. The van der Waals surface area contributed by atoms with Gasteiger partial charge in [0.15, 0.2) is 0 Å². The van der Waals surface area contributed by atoms with Gasteiger partial charge in [0, 0.05) is 13.0 Å². The Labute approximate surface area is 64.1 Å². The van der Waals surface area contributed by atoms with E-state index in [1.807, 2.05) is 0 Å². The van der Waals surface area contributed by atoms with Crippen LogP contribution < -0.4 is 10.0 Å². The fourth-order valence-corrected chi connectivity index (χ4v) is 0.714. The normalized spacial score (nSPS) is 9.18. The molecule has 0 aliphatic rings. The molecule has 0 radical (unpaired) electrons. The number of carbonyl (C=O) groups is 1. The summed E-state index contributed by atoms with van der Waals surface area (Å²) in [6.45, 7) is 1.38. The summed E-state index contributed by atoms with van der Waals surface area (Å²) in [6, 6.07) is 4.98. The first kappa shape index (κ1) is 7.53. The topological polar surface area (TPSA) is 53.2 Å². The van der Waals surface area contributed by atoms with Gasteiger partial charge in [0.2, 0.25) is 0 Å². The second-order valence-electron chi connectivity index (χ2n) is 2.11. The molecule has 1 aromatic rings. The third-order valence-electron chi connectivity index (χ3n) is 1.14. The predicted octanol–water partition coefficient (Wildman–Crippen LogP) is 0.170. The van der Waals surface area contributed by atoms with Gasteiger partial charge in [0.05, 0.1) is 0 Å². The number of carbonyl (C=O) groups excluding carboxylic acids is 1. The Hall–Kier alpha value is -1.58. The van der Waals surface area contributed by atoms with Crippen molar-refractivity contribution in [2.45, 2.75) is 6.92 Å². The van der Waals surface area contributed by atoms with Crippen molar-refractivity contribution in [3.8, 4) is 0 Å². The molecule has 1 aromatic heterocycles. The predicted molar refractivity (Wildman–Crippen MR) is 38.1 cm³/mol. The van der Waals surface area contributed by atoms with Gasteiger partial charge in [-0.25, -0.2) is 10.1 Å². The Morgan fingerprint density at radius 2 is 2.36 bits per heavy atom. The number of pyridine rings is 1. The molecule has 0 aromatic carbocycles. The van der Waals surface area contributed by atoms with E-state index in [0.29, 0.717) is 5.82 Å². The largest absolute Gasteiger partial charge is 0.350 e. The molecular weight excluding hydrogens is 144 g/mol. The lowest BCUT2D eigenvalue weighted by atomic mass is 10.4. The first-order valence-corrected chi connectivity index (χ1v) is 3.17.